The topological polar surface area (TPSA) is 220 Å². The molecule has 8 N–H and O–H groups in total. The second kappa shape index (κ2) is 27.3. The van der Waals surface area contributed by atoms with Gasteiger partial charge in [-0.15, -0.1) is 0 Å². The van der Waals surface area contributed by atoms with E-state index in [2.05, 4.69) is 21.3 Å². The van der Waals surface area contributed by atoms with Crippen LogP contribution >= 0.6 is 11.6 Å². The molecular weight excluding hydrogens is 912 g/mol. The van der Waals surface area contributed by atoms with Gasteiger partial charge in [-0.1, -0.05) is 115 Å². The fraction of sp³-hybridized carbons (Fsp3) is 0.340. The second-order valence-electron chi connectivity index (χ2n) is 16.9. The molecule has 5 aromatic carbocycles. The molecule has 6 rings (SSSR count). The van der Waals surface area contributed by atoms with Crippen molar-refractivity contribution in [2.24, 2.45) is 11.5 Å². The first kappa shape index (κ1) is 52.4. The van der Waals surface area contributed by atoms with Crippen LogP contribution in [0.3, 0.4) is 0 Å². The molecule has 4 bridgehead atoms. The van der Waals surface area contributed by atoms with Crippen molar-refractivity contribution in [1.29, 1.82) is 0 Å². The van der Waals surface area contributed by atoms with Gasteiger partial charge in [0.25, 0.3) is 0 Å². The minimum Gasteiger partial charge on any atom is -0.489 e. The van der Waals surface area contributed by atoms with Crippen LogP contribution in [0.2, 0.25) is 5.02 Å². The summed E-state index contributed by atoms with van der Waals surface area (Å²) in [5.74, 6) is -1.27. The van der Waals surface area contributed by atoms with E-state index < -0.39 is 48.0 Å². The number of amides is 5. The van der Waals surface area contributed by atoms with Crippen molar-refractivity contribution in [3.05, 3.63) is 160 Å². The molecule has 3 atom stereocenters. The molecule has 0 aromatic heterocycles. The summed E-state index contributed by atoms with van der Waals surface area (Å²) in [6.07, 6.45) is -1.33. The Morgan fingerprint density at radius 2 is 1.27 bits per heavy atom. The number of carbonyl (C=O) groups is 5. The number of rotatable bonds is 20. The minimum atomic E-state index is -1.29. The summed E-state index contributed by atoms with van der Waals surface area (Å²) in [5.41, 5.74) is 16.8. The van der Waals surface area contributed by atoms with Crippen LogP contribution in [-0.2, 0) is 56.5 Å². The van der Waals surface area contributed by atoms with E-state index in [-0.39, 0.29) is 58.6 Å². The quantitative estimate of drug-likeness (QED) is 0.0548. The Labute approximate surface area is 414 Å². The molecule has 1 aliphatic rings. The number of halogens is 1. The largest absolute Gasteiger partial charge is 0.489 e. The van der Waals surface area contributed by atoms with Gasteiger partial charge in [-0.25, -0.2) is 9.59 Å². The van der Waals surface area contributed by atoms with Crippen molar-refractivity contribution < 1.29 is 38.2 Å². The monoisotopic (exact) mass is 974 g/mol. The van der Waals surface area contributed by atoms with E-state index in [0.717, 1.165) is 27.8 Å². The molecule has 0 fully saturated rings. The van der Waals surface area contributed by atoms with Crippen LogP contribution in [0.5, 0.6) is 5.75 Å². The maximum atomic E-state index is 14.9. The molecule has 1 aliphatic heterocycles. The third kappa shape index (κ3) is 16.1. The fourth-order valence-corrected chi connectivity index (χ4v) is 8.21. The summed E-state index contributed by atoms with van der Waals surface area (Å²) in [5, 5.41) is 11.8. The zero-order valence-electron chi connectivity index (χ0n) is 39.4. The zero-order chi connectivity index (χ0) is 49.7. The van der Waals surface area contributed by atoms with Gasteiger partial charge in [-0.2, -0.15) is 0 Å². The van der Waals surface area contributed by atoms with Crippen molar-refractivity contribution >= 4 is 41.5 Å². The first-order chi connectivity index (χ1) is 34.0. The number of nitrogens with two attached hydrogens (primary N) is 2. The van der Waals surface area contributed by atoms with Gasteiger partial charge in [0.15, 0.2) is 0 Å². The molecule has 0 unspecified atom stereocenters. The van der Waals surface area contributed by atoms with Gasteiger partial charge in [0, 0.05) is 70.7 Å². The SMILES string of the molecule is CN1C(=O)[C@H](CCCNC(=O)OCc2ccccc2)NC(=O)[C@@H](NC(=O)OCc2ccccc2)Cc2cc(ccc2OCc2ccccc2)-c2ccc(Cl)c(c2)C[C@H]1C(=O)NCCN(CCN)CCN. The van der Waals surface area contributed by atoms with Gasteiger partial charge in [0.2, 0.25) is 17.7 Å². The molecule has 1 heterocycles. The number of benzene rings is 5. The standard InChI is InChI=1S/C53H63ClN8O8/c1-61-47(50(64)57-26-29-62(27-23-55)28-24-56)33-42-30-40(19-21-44(42)54)41-20-22-48(68-34-37-12-5-2-6-13-37)43(31-41)32-46(60-53(67)70-36-39-16-9-4-10-17-39)49(63)59-45(51(61)65)18-11-25-58-52(66)69-35-38-14-7-3-8-15-38/h2-10,12-17,19-22,30-31,45-47H,11,18,23-29,32-36,55-56H2,1H3,(H,57,64)(H,58,66)(H,59,63)(H,60,67)/t45-,46-,47-/m0/s1. The average molecular weight is 976 g/mol. The Hall–Kier alpha value is -6.98. The lowest BCUT2D eigenvalue weighted by Gasteiger charge is -2.32. The maximum Gasteiger partial charge on any atom is 0.408 e. The van der Waals surface area contributed by atoms with Crippen molar-refractivity contribution in [3.8, 4) is 16.9 Å². The van der Waals surface area contributed by atoms with Gasteiger partial charge in [0.1, 0.15) is 43.7 Å². The Morgan fingerprint density at radius 3 is 1.89 bits per heavy atom. The highest BCUT2D eigenvalue weighted by atomic mass is 35.5. The smallest absolute Gasteiger partial charge is 0.408 e. The molecule has 5 amide bonds. The van der Waals surface area contributed by atoms with E-state index in [9.17, 15) is 24.0 Å². The lowest BCUT2D eigenvalue weighted by Crippen LogP contribution is -2.58. The summed E-state index contributed by atoms with van der Waals surface area (Å²) in [6, 6.07) is 35.4. The molecule has 0 saturated carbocycles. The van der Waals surface area contributed by atoms with E-state index in [4.69, 9.17) is 37.3 Å². The van der Waals surface area contributed by atoms with E-state index in [1.165, 1.54) is 11.9 Å². The Balaban J connectivity index is 1.34. The molecule has 0 saturated heterocycles. The molecule has 17 heteroatoms. The highest BCUT2D eigenvalue weighted by Crippen LogP contribution is 2.32. The van der Waals surface area contributed by atoms with Crippen LogP contribution in [0.4, 0.5) is 9.59 Å². The highest BCUT2D eigenvalue weighted by Gasteiger charge is 2.35. The minimum absolute atomic E-state index is 0.0219. The third-order valence-corrected chi connectivity index (χ3v) is 12.2. The van der Waals surface area contributed by atoms with E-state index >= 15 is 0 Å². The molecule has 0 radical (unpaired) electrons. The van der Waals surface area contributed by atoms with Crippen molar-refractivity contribution in [2.75, 3.05) is 52.9 Å². The Bertz CT molecular complexity index is 2480. The predicted octanol–water partition coefficient (Wildman–Crippen LogP) is 5.33. The lowest BCUT2D eigenvalue weighted by molar-refractivity contribution is -0.142. The van der Waals surface area contributed by atoms with Crippen LogP contribution in [0.15, 0.2) is 127 Å². The van der Waals surface area contributed by atoms with Gasteiger partial charge in [-0.3, -0.25) is 19.3 Å². The van der Waals surface area contributed by atoms with Crippen LogP contribution in [0.1, 0.15) is 40.7 Å². The number of likely N-dealkylation sites (N-methyl/N-ethyl adjacent to an activating group) is 1. The molecule has 5 aromatic rings. The number of nitrogens with zero attached hydrogens (tertiary/aromatic N) is 2. The summed E-state index contributed by atoms with van der Waals surface area (Å²) >= 11 is 6.89. The number of hydrogen-bond donors (Lipinski definition) is 6. The van der Waals surface area contributed by atoms with Gasteiger partial charge >= 0.3 is 12.2 Å². The summed E-state index contributed by atoms with van der Waals surface area (Å²) in [7, 11) is 1.51. The lowest BCUT2D eigenvalue weighted by atomic mass is 9.95. The average Bonchev–Trinajstić information content (AvgIpc) is 3.37. The van der Waals surface area contributed by atoms with Gasteiger partial charge in [0.05, 0.1) is 0 Å². The van der Waals surface area contributed by atoms with Crippen LogP contribution in [0.25, 0.3) is 11.1 Å². The number of nitrogens with one attached hydrogen (secondary N) is 4. The fourth-order valence-electron chi connectivity index (χ4n) is 8.01. The number of fused-ring (bicyclic) bond motifs is 5. The highest BCUT2D eigenvalue weighted by molar-refractivity contribution is 6.31. The van der Waals surface area contributed by atoms with Crippen LogP contribution < -0.4 is 37.5 Å². The van der Waals surface area contributed by atoms with Gasteiger partial charge in [-0.05, 0) is 76.1 Å². The molecule has 70 heavy (non-hydrogen) atoms. The van der Waals surface area contributed by atoms with Crippen molar-refractivity contribution in [1.82, 2.24) is 31.1 Å². The molecule has 370 valence electrons. The predicted molar refractivity (Wildman–Crippen MR) is 269 cm³/mol. The number of hydrogen-bond acceptors (Lipinski definition) is 11. The maximum absolute atomic E-state index is 14.9. The first-order valence-corrected chi connectivity index (χ1v) is 23.9. The van der Waals surface area contributed by atoms with E-state index in [1.54, 1.807) is 6.07 Å². The molecule has 0 spiro atoms. The van der Waals surface area contributed by atoms with E-state index in [0.29, 0.717) is 54.6 Å². The summed E-state index contributed by atoms with van der Waals surface area (Å²) < 4.78 is 17.4. The summed E-state index contributed by atoms with van der Waals surface area (Å²) in [4.78, 5) is 73.7. The van der Waals surface area contributed by atoms with Crippen LogP contribution in [0, 0.1) is 0 Å². The van der Waals surface area contributed by atoms with E-state index in [1.807, 2.05) is 126 Å². The van der Waals surface area contributed by atoms with Crippen LogP contribution in [-0.4, -0.2) is 111 Å². The number of ether oxygens (including phenoxy) is 3. The zero-order valence-corrected chi connectivity index (χ0v) is 40.2. The Morgan fingerprint density at radius 1 is 0.700 bits per heavy atom. The number of carbonyl (C=O) groups excluding carboxylic acids is 5. The van der Waals surface area contributed by atoms with Gasteiger partial charge < -0.3 is 51.8 Å². The second-order valence-corrected chi connectivity index (χ2v) is 17.3. The van der Waals surface area contributed by atoms with Crippen molar-refractivity contribution in [3.63, 3.8) is 0 Å². The summed E-state index contributed by atoms with van der Waals surface area (Å²) in [6.45, 7) is 3.02. The molecular formula is C53H63ClN8O8. The molecule has 16 nitrogen and oxygen atoms in total. The number of alkyl carbamates (subject to hydrolysis) is 2. The Kier molecular flexibility index (Phi) is 20.4. The first-order valence-electron chi connectivity index (χ1n) is 23.5. The molecule has 0 aliphatic carbocycles. The van der Waals surface area contributed by atoms with Crippen molar-refractivity contribution in [2.45, 2.75) is 63.6 Å². The normalized spacial score (nSPS) is 16.0. The third-order valence-electron chi connectivity index (χ3n) is 11.8.